The molecule has 0 saturated carbocycles. The van der Waals surface area contributed by atoms with Gasteiger partial charge in [-0.05, 0) is 18.2 Å². The van der Waals surface area contributed by atoms with Crippen molar-refractivity contribution in [1.29, 1.82) is 0 Å². The summed E-state index contributed by atoms with van der Waals surface area (Å²) in [4.78, 5) is 8.88. The molecule has 0 spiro atoms. The Hall–Kier alpha value is -1.88. The van der Waals surface area contributed by atoms with Crippen LogP contribution in [0.3, 0.4) is 0 Å². The summed E-state index contributed by atoms with van der Waals surface area (Å²) < 4.78 is 0. The van der Waals surface area contributed by atoms with Crippen LogP contribution in [0.2, 0.25) is 5.02 Å². The molecule has 3 aromatic rings. The van der Waals surface area contributed by atoms with Crippen LogP contribution in [0.25, 0.3) is 10.6 Å². The summed E-state index contributed by atoms with van der Waals surface area (Å²) in [6.07, 6.45) is 0. The van der Waals surface area contributed by atoms with E-state index in [1.54, 1.807) is 16.2 Å². The van der Waals surface area contributed by atoms with E-state index in [-0.39, 0.29) is 0 Å². The molecular weight excluding hydrogens is 350 g/mol. The van der Waals surface area contributed by atoms with Gasteiger partial charge in [0.2, 0.25) is 0 Å². The lowest BCUT2D eigenvalue weighted by molar-refractivity contribution is -0.914. The Kier molecular flexibility index (Phi) is 5.02. The number of benzene rings is 2. The van der Waals surface area contributed by atoms with E-state index in [1.165, 1.54) is 11.4 Å². The Morgan fingerprint density at radius 1 is 1.00 bits per heavy atom. The van der Waals surface area contributed by atoms with Crippen molar-refractivity contribution >= 4 is 28.6 Å². The first-order chi connectivity index (χ1) is 12.3. The molecule has 1 aromatic heterocycles. The Balaban J connectivity index is 1.37. The van der Waals surface area contributed by atoms with E-state index in [1.807, 2.05) is 24.3 Å². The Morgan fingerprint density at radius 2 is 1.72 bits per heavy atom. The van der Waals surface area contributed by atoms with Gasteiger partial charge in [-0.1, -0.05) is 48.0 Å². The van der Waals surface area contributed by atoms with Crippen LogP contribution in [-0.2, 0) is 6.54 Å². The average Bonchev–Trinajstić information content (AvgIpc) is 3.12. The maximum atomic E-state index is 6.29. The second kappa shape index (κ2) is 7.56. The van der Waals surface area contributed by atoms with Gasteiger partial charge in [-0.2, -0.15) is 0 Å². The van der Waals surface area contributed by atoms with E-state index in [9.17, 15) is 0 Å². The maximum Gasteiger partial charge on any atom is 0.125 e. The first-order valence-electron chi connectivity index (χ1n) is 8.62. The van der Waals surface area contributed by atoms with Gasteiger partial charge in [0.25, 0.3) is 0 Å². The molecule has 0 radical (unpaired) electrons. The SMILES string of the molecule is Clc1ccccc1-c1nc(C[NH+]2CCN(c3ccccc3)CC2)cs1. The van der Waals surface area contributed by atoms with Gasteiger partial charge in [0.05, 0.1) is 31.2 Å². The van der Waals surface area contributed by atoms with Crippen LogP contribution in [0, 0.1) is 0 Å². The average molecular weight is 371 g/mol. The van der Waals surface area contributed by atoms with Crippen LogP contribution in [0.5, 0.6) is 0 Å². The molecule has 0 amide bonds. The lowest BCUT2D eigenvalue weighted by Crippen LogP contribution is -3.13. The molecule has 4 rings (SSSR count). The van der Waals surface area contributed by atoms with Gasteiger partial charge < -0.3 is 9.80 Å². The summed E-state index contributed by atoms with van der Waals surface area (Å²) >= 11 is 7.97. The highest BCUT2D eigenvalue weighted by Gasteiger charge is 2.21. The summed E-state index contributed by atoms with van der Waals surface area (Å²) in [5.41, 5.74) is 3.53. The fraction of sp³-hybridized carbons (Fsp3) is 0.250. The van der Waals surface area contributed by atoms with E-state index in [0.717, 1.165) is 48.3 Å². The number of halogens is 1. The van der Waals surface area contributed by atoms with E-state index >= 15 is 0 Å². The Labute approximate surface area is 157 Å². The Morgan fingerprint density at radius 3 is 2.48 bits per heavy atom. The fourth-order valence-corrected chi connectivity index (χ4v) is 4.44. The molecule has 128 valence electrons. The van der Waals surface area contributed by atoms with Crippen molar-refractivity contribution in [2.24, 2.45) is 0 Å². The van der Waals surface area contributed by atoms with Crippen LogP contribution < -0.4 is 9.80 Å². The van der Waals surface area contributed by atoms with E-state index in [0.29, 0.717) is 0 Å². The van der Waals surface area contributed by atoms with Crippen molar-refractivity contribution < 1.29 is 4.90 Å². The molecule has 2 aromatic carbocycles. The van der Waals surface area contributed by atoms with Gasteiger partial charge >= 0.3 is 0 Å². The number of piperazine rings is 1. The topological polar surface area (TPSA) is 20.6 Å². The molecule has 0 atom stereocenters. The summed E-state index contributed by atoms with van der Waals surface area (Å²) in [5.74, 6) is 0. The fourth-order valence-electron chi connectivity index (χ4n) is 3.30. The van der Waals surface area contributed by atoms with Gasteiger partial charge in [-0.25, -0.2) is 4.98 Å². The summed E-state index contributed by atoms with van der Waals surface area (Å²) in [6.45, 7) is 5.48. The lowest BCUT2D eigenvalue weighted by atomic mass is 10.2. The zero-order valence-electron chi connectivity index (χ0n) is 14.0. The second-order valence-electron chi connectivity index (χ2n) is 6.37. The summed E-state index contributed by atoms with van der Waals surface area (Å²) in [7, 11) is 0. The van der Waals surface area contributed by atoms with Gasteiger partial charge in [0.1, 0.15) is 17.2 Å². The number of hydrogen-bond donors (Lipinski definition) is 1. The number of anilines is 1. The zero-order chi connectivity index (χ0) is 17.1. The molecule has 1 N–H and O–H groups in total. The van der Waals surface area contributed by atoms with Crippen molar-refractivity contribution in [2.45, 2.75) is 6.54 Å². The molecule has 0 aliphatic carbocycles. The second-order valence-corrected chi connectivity index (χ2v) is 7.64. The number of para-hydroxylation sites is 1. The zero-order valence-corrected chi connectivity index (χ0v) is 15.6. The van der Waals surface area contributed by atoms with E-state index in [2.05, 4.69) is 40.6 Å². The van der Waals surface area contributed by atoms with Gasteiger partial charge in [-0.3, -0.25) is 0 Å². The third-order valence-corrected chi connectivity index (χ3v) is 5.93. The molecule has 25 heavy (non-hydrogen) atoms. The molecule has 2 heterocycles. The molecule has 1 aliphatic rings. The summed E-state index contributed by atoms with van der Waals surface area (Å²) in [6, 6.07) is 18.6. The molecule has 5 heteroatoms. The number of nitrogens with one attached hydrogen (secondary N) is 1. The van der Waals surface area contributed by atoms with E-state index < -0.39 is 0 Å². The highest BCUT2D eigenvalue weighted by molar-refractivity contribution is 7.13. The number of aromatic nitrogens is 1. The van der Waals surface area contributed by atoms with Crippen LogP contribution in [0.4, 0.5) is 5.69 Å². The smallest absolute Gasteiger partial charge is 0.125 e. The number of nitrogens with zero attached hydrogens (tertiary/aromatic N) is 2. The predicted octanol–water partition coefficient (Wildman–Crippen LogP) is 3.37. The van der Waals surface area contributed by atoms with Crippen molar-refractivity contribution in [2.75, 3.05) is 31.1 Å². The minimum Gasteiger partial charge on any atom is -0.360 e. The lowest BCUT2D eigenvalue weighted by Gasteiger charge is -2.33. The highest BCUT2D eigenvalue weighted by atomic mass is 35.5. The van der Waals surface area contributed by atoms with Crippen LogP contribution >= 0.6 is 22.9 Å². The number of thiazole rings is 1. The molecular formula is C20H21ClN3S+. The normalized spacial score (nSPS) is 15.5. The number of hydrogen-bond acceptors (Lipinski definition) is 3. The number of rotatable bonds is 4. The molecule has 3 nitrogen and oxygen atoms in total. The van der Waals surface area contributed by atoms with Crippen LogP contribution in [0.15, 0.2) is 60.0 Å². The number of quaternary nitrogens is 1. The molecule has 1 aliphatic heterocycles. The van der Waals surface area contributed by atoms with Crippen molar-refractivity contribution in [1.82, 2.24) is 4.98 Å². The minimum atomic E-state index is 0.771. The molecule has 1 saturated heterocycles. The van der Waals surface area contributed by atoms with Gasteiger partial charge in [-0.15, -0.1) is 11.3 Å². The van der Waals surface area contributed by atoms with Crippen LogP contribution in [0.1, 0.15) is 5.69 Å². The quantitative estimate of drug-likeness (QED) is 0.760. The van der Waals surface area contributed by atoms with Crippen molar-refractivity contribution in [3.05, 3.63) is 70.7 Å². The first kappa shape index (κ1) is 16.6. The maximum absolute atomic E-state index is 6.29. The third kappa shape index (κ3) is 3.87. The van der Waals surface area contributed by atoms with Gasteiger partial charge in [0, 0.05) is 16.6 Å². The standard InChI is InChI=1S/C20H20ClN3S/c21-19-9-5-4-8-18(19)20-22-16(15-25-20)14-23-10-12-24(13-11-23)17-6-2-1-3-7-17/h1-9,15H,10-14H2/p+1. The molecule has 0 bridgehead atoms. The monoisotopic (exact) mass is 370 g/mol. The van der Waals surface area contributed by atoms with Crippen molar-refractivity contribution in [3.8, 4) is 10.6 Å². The first-order valence-corrected chi connectivity index (χ1v) is 9.88. The van der Waals surface area contributed by atoms with Crippen molar-refractivity contribution in [3.63, 3.8) is 0 Å². The third-order valence-electron chi connectivity index (χ3n) is 4.68. The van der Waals surface area contributed by atoms with Gasteiger partial charge in [0.15, 0.2) is 0 Å². The largest absolute Gasteiger partial charge is 0.360 e. The molecule has 1 fully saturated rings. The minimum absolute atomic E-state index is 0.771. The Bertz CT molecular complexity index is 826. The van der Waals surface area contributed by atoms with E-state index in [4.69, 9.17) is 16.6 Å². The molecule has 0 unspecified atom stereocenters. The predicted molar refractivity (Wildman–Crippen MR) is 106 cm³/mol. The van der Waals surface area contributed by atoms with Crippen LogP contribution in [-0.4, -0.2) is 31.2 Å². The summed E-state index contributed by atoms with van der Waals surface area (Å²) in [5, 5.41) is 3.96. The highest BCUT2D eigenvalue weighted by Crippen LogP contribution is 2.29.